The number of benzene rings is 1. The molecule has 0 radical (unpaired) electrons. The molecule has 0 bridgehead atoms. The normalized spacial score (nSPS) is 18.9. The molecule has 0 aromatic heterocycles. The fourth-order valence-electron chi connectivity index (χ4n) is 2.39. The minimum atomic E-state index is -0.475. The van der Waals surface area contributed by atoms with E-state index < -0.39 is 5.60 Å². The molecule has 2 N–H and O–H groups in total. The van der Waals surface area contributed by atoms with Crippen LogP contribution in [0.3, 0.4) is 0 Å². The zero-order chi connectivity index (χ0) is 14.0. The van der Waals surface area contributed by atoms with E-state index in [-0.39, 0.29) is 6.09 Å². The first-order valence-corrected chi connectivity index (χ1v) is 6.72. The molecule has 0 fully saturated rings. The smallest absolute Gasteiger partial charge is 0.414 e. The second-order valence-corrected chi connectivity index (χ2v) is 5.91. The highest BCUT2D eigenvalue weighted by Gasteiger charge is 2.30. The van der Waals surface area contributed by atoms with Crippen LogP contribution in [0.5, 0.6) is 0 Å². The van der Waals surface area contributed by atoms with Crippen molar-refractivity contribution < 1.29 is 9.53 Å². The molecule has 4 heteroatoms. The van der Waals surface area contributed by atoms with E-state index in [9.17, 15) is 4.79 Å². The average molecular weight is 262 g/mol. The fourth-order valence-corrected chi connectivity index (χ4v) is 2.39. The lowest BCUT2D eigenvalue weighted by Gasteiger charge is -2.34. The summed E-state index contributed by atoms with van der Waals surface area (Å²) in [6, 6.07) is 7.93. The number of hydrogen-bond acceptors (Lipinski definition) is 3. The zero-order valence-electron chi connectivity index (χ0n) is 11.8. The van der Waals surface area contributed by atoms with Crippen LogP contribution in [0.25, 0.3) is 0 Å². The first kappa shape index (κ1) is 13.9. The fraction of sp³-hybridized carbons (Fsp3) is 0.533. The lowest BCUT2D eigenvalue weighted by atomic mass is 9.90. The van der Waals surface area contributed by atoms with Gasteiger partial charge in [-0.1, -0.05) is 18.2 Å². The van der Waals surface area contributed by atoms with Crippen LogP contribution < -0.4 is 10.6 Å². The Bertz CT molecular complexity index is 465. The monoisotopic (exact) mass is 262 g/mol. The molecule has 1 aromatic carbocycles. The Balaban J connectivity index is 2.27. The molecule has 1 aliphatic rings. The predicted molar refractivity (Wildman–Crippen MR) is 76.4 cm³/mol. The molecule has 104 valence electrons. The summed E-state index contributed by atoms with van der Waals surface area (Å²) in [5, 5.41) is 0. The maximum absolute atomic E-state index is 12.2. The van der Waals surface area contributed by atoms with E-state index in [0.29, 0.717) is 19.0 Å². The molecule has 19 heavy (non-hydrogen) atoms. The molecule has 1 aliphatic heterocycles. The van der Waals surface area contributed by atoms with Crippen molar-refractivity contribution in [3.8, 4) is 0 Å². The molecule has 1 heterocycles. The van der Waals surface area contributed by atoms with E-state index >= 15 is 0 Å². The number of para-hydroxylation sites is 1. The molecule has 0 saturated heterocycles. The summed E-state index contributed by atoms with van der Waals surface area (Å²) < 4.78 is 5.46. The van der Waals surface area contributed by atoms with Crippen LogP contribution in [0.4, 0.5) is 10.5 Å². The van der Waals surface area contributed by atoms with Crippen molar-refractivity contribution in [3.05, 3.63) is 29.8 Å². The first-order chi connectivity index (χ1) is 8.92. The standard InChI is InChI=1S/C15H22N2O2/c1-15(2,3)19-14(18)17-9-8-11(10-16)12-6-4-5-7-13(12)17/h4-7,11H,8-10,16H2,1-3H3. The zero-order valence-corrected chi connectivity index (χ0v) is 11.8. The Hall–Kier alpha value is -1.55. The van der Waals surface area contributed by atoms with Gasteiger partial charge in [-0.25, -0.2) is 4.79 Å². The number of amides is 1. The Morgan fingerprint density at radius 1 is 1.42 bits per heavy atom. The SMILES string of the molecule is CC(C)(C)OC(=O)N1CCC(CN)c2ccccc21. The maximum atomic E-state index is 12.2. The van der Waals surface area contributed by atoms with Crippen LogP contribution in [-0.2, 0) is 4.74 Å². The molecule has 0 aliphatic carbocycles. The number of nitrogens with two attached hydrogens (primary N) is 1. The second kappa shape index (κ2) is 5.21. The molecular formula is C15H22N2O2. The Labute approximate surface area is 114 Å². The summed E-state index contributed by atoms with van der Waals surface area (Å²) in [6.07, 6.45) is 0.600. The maximum Gasteiger partial charge on any atom is 0.414 e. The number of carbonyl (C=O) groups excluding carboxylic acids is 1. The quantitative estimate of drug-likeness (QED) is 0.846. The van der Waals surface area contributed by atoms with Gasteiger partial charge in [0.25, 0.3) is 0 Å². The minimum absolute atomic E-state index is 0.282. The van der Waals surface area contributed by atoms with Gasteiger partial charge >= 0.3 is 6.09 Å². The van der Waals surface area contributed by atoms with Gasteiger partial charge in [0, 0.05) is 6.54 Å². The van der Waals surface area contributed by atoms with E-state index in [1.807, 2.05) is 45.0 Å². The summed E-state index contributed by atoms with van der Waals surface area (Å²) in [5.74, 6) is 0.329. The first-order valence-electron chi connectivity index (χ1n) is 6.72. The van der Waals surface area contributed by atoms with Gasteiger partial charge in [0.05, 0.1) is 5.69 Å². The van der Waals surface area contributed by atoms with Gasteiger partial charge in [0.15, 0.2) is 0 Å². The highest BCUT2D eigenvalue weighted by molar-refractivity contribution is 5.89. The van der Waals surface area contributed by atoms with Gasteiger partial charge in [-0.3, -0.25) is 4.90 Å². The van der Waals surface area contributed by atoms with Crippen molar-refractivity contribution in [2.45, 2.75) is 38.7 Å². The summed E-state index contributed by atoms with van der Waals surface area (Å²) in [4.78, 5) is 14.0. The van der Waals surface area contributed by atoms with Crippen LogP contribution >= 0.6 is 0 Å². The number of fused-ring (bicyclic) bond motifs is 1. The van der Waals surface area contributed by atoms with Crippen LogP contribution in [0.15, 0.2) is 24.3 Å². The molecule has 1 unspecified atom stereocenters. The molecule has 1 amide bonds. The third-order valence-electron chi connectivity index (χ3n) is 3.27. The Kier molecular flexibility index (Phi) is 3.80. The van der Waals surface area contributed by atoms with Crippen molar-refractivity contribution >= 4 is 11.8 Å². The number of hydrogen-bond donors (Lipinski definition) is 1. The van der Waals surface area contributed by atoms with E-state index in [1.165, 1.54) is 0 Å². The van der Waals surface area contributed by atoms with Gasteiger partial charge in [-0.15, -0.1) is 0 Å². The Morgan fingerprint density at radius 3 is 2.74 bits per heavy atom. The van der Waals surface area contributed by atoms with Crippen LogP contribution in [0.2, 0.25) is 0 Å². The van der Waals surface area contributed by atoms with Gasteiger partial charge in [-0.05, 0) is 51.3 Å². The molecule has 1 atom stereocenters. The molecule has 2 rings (SSSR count). The molecule has 1 aromatic rings. The number of ether oxygens (including phenoxy) is 1. The van der Waals surface area contributed by atoms with Crippen LogP contribution in [0, 0.1) is 0 Å². The van der Waals surface area contributed by atoms with Gasteiger partial charge in [0.2, 0.25) is 0 Å². The number of anilines is 1. The number of nitrogens with zero attached hydrogens (tertiary/aromatic N) is 1. The second-order valence-electron chi connectivity index (χ2n) is 5.91. The number of carbonyl (C=O) groups is 1. The summed E-state index contributed by atoms with van der Waals surface area (Å²) in [7, 11) is 0. The molecular weight excluding hydrogens is 240 g/mol. The van der Waals surface area contributed by atoms with E-state index in [4.69, 9.17) is 10.5 Å². The Morgan fingerprint density at radius 2 is 2.11 bits per heavy atom. The van der Waals surface area contributed by atoms with Crippen LogP contribution in [-0.4, -0.2) is 24.8 Å². The van der Waals surface area contributed by atoms with Gasteiger partial charge < -0.3 is 10.5 Å². The van der Waals surface area contributed by atoms with Crippen LogP contribution in [0.1, 0.15) is 38.7 Å². The highest BCUT2D eigenvalue weighted by Crippen LogP contribution is 2.35. The highest BCUT2D eigenvalue weighted by atomic mass is 16.6. The van der Waals surface area contributed by atoms with E-state index in [0.717, 1.165) is 17.7 Å². The van der Waals surface area contributed by atoms with Crippen molar-refractivity contribution in [2.75, 3.05) is 18.0 Å². The number of rotatable bonds is 1. The summed E-state index contributed by atoms with van der Waals surface area (Å²) in [5.41, 5.74) is 7.40. The van der Waals surface area contributed by atoms with Gasteiger partial charge in [0.1, 0.15) is 5.60 Å². The third kappa shape index (κ3) is 3.07. The lowest BCUT2D eigenvalue weighted by molar-refractivity contribution is 0.0576. The summed E-state index contributed by atoms with van der Waals surface area (Å²) >= 11 is 0. The summed E-state index contributed by atoms with van der Waals surface area (Å²) in [6.45, 7) is 6.91. The largest absolute Gasteiger partial charge is 0.443 e. The molecule has 4 nitrogen and oxygen atoms in total. The van der Waals surface area contributed by atoms with E-state index in [2.05, 4.69) is 0 Å². The van der Waals surface area contributed by atoms with E-state index in [1.54, 1.807) is 4.90 Å². The topological polar surface area (TPSA) is 55.6 Å². The molecule has 0 saturated carbocycles. The predicted octanol–water partition coefficient (Wildman–Crippen LogP) is 2.87. The third-order valence-corrected chi connectivity index (χ3v) is 3.27. The van der Waals surface area contributed by atoms with Crippen molar-refractivity contribution in [2.24, 2.45) is 5.73 Å². The minimum Gasteiger partial charge on any atom is -0.443 e. The van der Waals surface area contributed by atoms with Crippen molar-refractivity contribution in [1.82, 2.24) is 0 Å². The average Bonchev–Trinajstić information content (AvgIpc) is 2.35. The van der Waals surface area contributed by atoms with Gasteiger partial charge in [-0.2, -0.15) is 0 Å². The molecule has 0 spiro atoms. The lowest BCUT2D eigenvalue weighted by Crippen LogP contribution is -2.41. The van der Waals surface area contributed by atoms with Crippen molar-refractivity contribution in [1.29, 1.82) is 0 Å². The van der Waals surface area contributed by atoms with Crippen molar-refractivity contribution in [3.63, 3.8) is 0 Å².